The first kappa shape index (κ1) is 29.5. The van der Waals surface area contributed by atoms with Gasteiger partial charge in [-0.3, -0.25) is 14.6 Å². The van der Waals surface area contributed by atoms with Crippen molar-refractivity contribution >= 4 is 17.5 Å². The third-order valence-corrected chi connectivity index (χ3v) is 9.32. The van der Waals surface area contributed by atoms with Gasteiger partial charge in [0.25, 0.3) is 11.8 Å². The van der Waals surface area contributed by atoms with Crippen LogP contribution in [0.2, 0.25) is 0 Å². The van der Waals surface area contributed by atoms with Gasteiger partial charge in [-0.15, -0.1) is 10.2 Å². The molecular weight excluding hydrogens is 533 g/mol. The predicted octanol–water partition coefficient (Wildman–Crippen LogP) is 5.76. The summed E-state index contributed by atoms with van der Waals surface area (Å²) in [5.41, 5.74) is 1.83. The number of tetrazole rings is 1. The largest absolute Gasteiger partial charge is 0.345 e. The molecular formula is C32H40FN7O2. The van der Waals surface area contributed by atoms with E-state index in [1.54, 1.807) is 24.3 Å². The monoisotopic (exact) mass is 573 g/mol. The van der Waals surface area contributed by atoms with Crippen LogP contribution in [-0.4, -0.2) is 48.7 Å². The van der Waals surface area contributed by atoms with Gasteiger partial charge in [0.2, 0.25) is 0 Å². The van der Waals surface area contributed by atoms with E-state index in [9.17, 15) is 14.0 Å². The lowest BCUT2D eigenvalue weighted by atomic mass is 9.67. The van der Waals surface area contributed by atoms with Crippen molar-refractivity contribution in [3.05, 3.63) is 76.9 Å². The average molecular weight is 574 g/mol. The van der Waals surface area contributed by atoms with Gasteiger partial charge in [0.1, 0.15) is 17.2 Å². The minimum Gasteiger partial charge on any atom is -0.345 e. The Bertz CT molecular complexity index is 1430. The Kier molecular flexibility index (Phi) is 8.52. The lowest BCUT2D eigenvalue weighted by Gasteiger charge is -2.48. The molecule has 2 amide bonds. The van der Waals surface area contributed by atoms with Crippen molar-refractivity contribution in [1.82, 2.24) is 30.8 Å². The summed E-state index contributed by atoms with van der Waals surface area (Å²) in [5, 5.41) is 16.4. The van der Waals surface area contributed by atoms with Gasteiger partial charge >= 0.3 is 0 Å². The van der Waals surface area contributed by atoms with Crippen LogP contribution in [0.15, 0.2) is 53.5 Å². The molecule has 1 fully saturated rings. The van der Waals surface area contributed by atoms with Crippen molar-refractivity contribution in [2.24, 2.45) is 16.3 Å². The number of H-pyrrole nitrogens is 1. The van der Waals surface area contributed by atoms with E-state index < -0.39 is 5.66 Å². The van der Waals surface area contributed by atoms with Gasteiger partial charge in [-0.25, -0.2) is 4.39 Å². The van der Waals surface area contributed by atoms with E-state index in [0.29, 0.717) is 28.6 Å². The lowest BCUT2D eigenvalue weighted by molar-refractivity contribution is -0.133. The zero-order valence-electron chi connectivity index (χ0n) is 24.9. The zero-order chi connectivity index (χ0) is 29.9. The fourth-order valence-electron chi connectivity index (χ4n) is 6.47. The summed E-state index contributed by atoms with van der Waals surface area (Å²) in [4.78, 5) is 34.2. The highest BCUT2D eigenvalue weighted by molar-refractivity contribution is 6.46. The number of halogens is 1. The second kappa shape index (κ2) is 12.1. The van der Waals surface area contributed by atoms with Crippen LogP contribution in [0, 0.1) is 17.2 Å². The summed E-state index contributed by atoms with van der Waals surface area (Å²) in [6.45, 7) is 9.16. The molecule has 2 N–H and O–H groups in total. The normalized spacial score (nSPS) is 21.5. The predicted molar refractivity (Wildman–Crippen MR) is 158 cm³/mol. The molecule has 0 unspecified atom stereocenters. The lowest BCUT2D eigenvalue weighted by Crippen LogP contribution is -2.51. The van der Waals surface area contributed by atoms with Crippen molar-refractivity contribution in [2.45, 2.75) is 90.9 Å². The van der Waals surface area contributed by atoms with Crippen molar-refractivity contribution < 1.29 is 14.0 Å². The number of aromatic nitrogens is 4. The summed E-state index contributed by atoms with van der Waals surface area (Å²) in [6.07, 6.45) is 6.18. The first-order chi connectivity index (χ1) is 20.2. The number of amides is 2. The van der Waals surface area contributed by atoms with Crippen LogP contribution >= 0.6 is 0 Å². The molecule has 222 valence electrons. The van der Waals surface area contributed by atoms with E-state index in [-0.39, 0.29) is 35.6 Å². The second-order valence-electron chi connectivity index (χ2n) is 12.2. The van der Waals surface area contributed by atoms with Gasteiger partial charge in [-0.1, -0.05) is 70.0 Å². The fourth-order valence-corrected chi connectivity index (χ4v) is 6.47. The van der Waals surface area contributed by atoms with Gasteiger partial charge in [0.05, 0.1) is 12.6 Å². The second-order valence-corrected chi connectivity index (χ2v) is 12.2. The maximum absolute atomic E-state index is 14.3. The van der Waals surface area contributed by atoms with Crippen LogP contribution in [0.5, 0.6) is 0 Å². The Morgan fingerprint density at radius 1 is 1.17 bits per heavy atom. The van der Waals surface area contributed by atoms with Crippen molar-refractivity contribution in [1.29, 1.82) is 0 Å². The number of benzene rings is 2. The smallest absolute Gasteiger partial charge is 0.275 e. The quantitative estimate of drug-likeness (QED) is 0.320. The van der Waals surface area contributed by atoms with Crippen LogP contribution in [0.4, 0.5) is 4.39 Å². The maximum Gasteiger partial charge on any atom is 0.275 e. The summed E-state index contributed by atoms with van der Waals surface area (Å²) < 4.78 is 14.3. The number of aromatic amines is 1. The van der Waals surface area contributed by atoms with Crippen LogP contribution in [-0.2, 0) is 11.3 Å². The van der Waals surface area contributed by atoms with E-state index in [2.05, 4.69) is 53.6 Å². The molecule has 3 aromatic rings. The molecule has 2 aromatic carbocycles. The van der Waals surface area contributed by atoms with Gasteiger partial charge in [-0.2, -0.15) is 5.21 Å². The standard InChI is InChI=1S/C32H40FN7O2/c1-5-8-26(21-11-13-22(14-12-21)29(41)34-20-27-36-38-39-37-27)40-30(42)28(23-9-7-10-25(33)19-23)35-32(40)17-15-24(16-18-32)31(3,4)6-2/h7,9-14,19,24,26H,5-6,8,15-18,20H2,1-4H3,(H,34,41)(H,36,37,38,39)/t24?,26-,32?/m1/s1. The topological polar surface area (TPSA) is 116 Å². The summed E-state index contributed by atoms with van der Waals surface area (Å²) in [6, 6.07) is 13.4. The van der Waals surface area contributed by atoms with Crippen LogP contribution in [0.1, 0.15) is 106 Å². The summed E-state index contributed by atoms with van der Waals surface area (Å²) in [7, 11) is 0. The Hall–Kier alpha value is -3.95. The van der Waals surface area contributed by atoms with E-state index >= 15 is 0 Å². The minimum absolute atomic E-state index is 0.158. The maximum atomic E-state index is 14.3. The molecule has 0 radical (unpaired) electrons. The third-order valence-electron chi connectivity index (χ3n) is 9.32. The zero-order valence-corrected chi connectivity index (χ0v) is 24.9. The molecule has 1 aliphatic carbocycles. The van der Waals surface area contributed by atoms with Crippen LogP contribution in [0.25, 0.3) is 0 Å². The Morgan fingerprint density at radius 3 is 2.52 bits per heavy atom. The molecule has 2 heterocycles. The first-order valence-corrected chi connectivity index (χ1v) is 15.0. The van der Waals surface area contributed by atoms with E-state index in [0.717, 1.165) is 50.5 Å². The molecule has 42 heavy (non-hydrogen) atoms. The minimum atomic E-state index is -0.681. The van der Waals surface area contributed by atoms with Crippen molar-refractivity contribution in [2.75, 3.05) is 0 Å². The highest BCUT2D eigenvalue weighted by atomic mass is 19.1. The highest BCUT2D eigenvalue weighted by Gasteiger charge is 2.52. The van der Waals surface area contributed by atoms with E-state index in [1.807, 2.05) is 17.0 Å². The molecule has 9 nitrogen and oxygen atoms in total. The fraction of sp³-hybridized carbons (Fsp3) is 0.500. The number of hydrogen-bond acceptors (Lipinski definition) is 6. The Labute approximate surface area is 246 Å². The number of rotatable bonds is 10. The van der Waals surface area contributed by atoms with Crippen molar-refractivity contribution in [3.63, 3.8) is 0 Å². The molecule has 2 aliphatic rings. The number of nitrogens with one attached hydrogen (secondary N) is 2. The van der Waals surface area contributed by atoms with Crippen molar-refractivity contribution in [3.8, 4) is 0 Å². The molecule has 1 aromatic heterocycles. The van der Waals surface area contributed by atoms with E-state index in [1.165, 1.54) is 12.1 Å². The average Bonchev–Trinajstić information content (AvgIpc) is 3.61. The first-order valence-electron chi connectivity index (χ1n) is 15.0. The summed E-state index contributed by atoms with van der Waals surface area (Å²) in [5.74, 6) is 0.150. The molecule has 10 heteroatoms. The van der Waals surface area contributed by atoms with Gasteiger partial charge in [0, 0.05) is 11.1 Å². The highest BCUT2D eigenvalue weighted by Crippen LogP contribution is 2.50. The Morgan fingerprint density at radius 2 is 1.90 bits per heavy atom. The number of carbonyl (C=O) groups excluding carboxylic acids is 2. The third kappa shape index (κ3) is 5.84. The molecule has 1 saturated carbocycles. The van der Waals surface area contributed by atoms with Gasteiger partial charge in [0.15, 0.2) is 5.82 Å². The molecule has 0 saturated heterocycles. The van der Waals surface area contributed by atoms with Crippen LogP contribution in [0.3, 0.4) is 0 Å². The number of carbonyl (C=O) groups is 2. The van der Waals surface area contributed by atoms with E-state index in [4.69, 9.17) is 4.99 Å². The number of nitrogens with zero attached hydrogens (tertiary/aromatic N) is 5. The SMILES string of the molecule is CCC[C@H](c1ccc(C(=O)NCc2nn[nH]n2)cc1)N1C(=O)C(c2cccc(F)c2)=NC12CCC(C(C)(C)CC)CC2. The Balaban J connectivity index is 1.45. The molecule has 0 bridgehead atoms. The van der Waals surface area contributed by atoms with Gasteiger partial charge < -0.3 is 10.2 Å². The molecule has 1 spiro atoms. The summed E-state index contributed by atoms with van der Waals surface area (Å²) >= 11 is 0. The van der Waals surface area contributed by atoms with Gasteiger partial charge in [-0.05, 0) is 73.3 Å². The van der Waals surface area contributed by atoms with Crippen LogP contribution < -0.4 is 5.32 Å². The number of aliphatic imine (C=N–C) groups is 1. The molecule has 1 aliphatic heterocycles. The number of hydrogen-bond donors (Lipinski definition) is 2. The molecule has 1 atom stereocenters. The molecule has 5 rings (SSSR count).